The molecule has 1 atom stereocenters. The number of aromatic nitrogens is 1. The Morgan fingerprint density at radius 2 is 2.29 bits per heavy atom. The molecular weight excluding hydrogens is 296 g/mol. The first-order valence-electron chi connectivity index (χ1n) is 5.58. The molecule has 0 bridgehead atoms. The SMILES string of the molecule is CNC(Cc1ccccn1)Cc1cc(Br)cs1. The van der Waals surface area contributed by atoms with Crippen LogP contribution in [0.4, 0.5) is 0 Å². The summed E-state index contributed by atoms with van der Waals surface area (Å²) in [6.45, 7) is 0. The number of hydrogen-bond acceptors (Lipinski definition) is 3. The Kier molecular flexibility index (Phi) is 4.71. The van der Waals surface area contributed by atoms with E-state index in [4.69, 9.17) is 0 Å². The lowest BCUT2D eigenvalue weighted by Gasteiger charge is -2.14. The molecule has 0 spiro atoms. The van der Waals surface area contributed by atoms with Crippen LogP contribution in [0, 0.1) is 0 Å². The molecule has 0 saturated carbocycles. The van der Waals surface area contributed by atoms with Crippen LogP contribution in [0.5, 0.6) is 0 Å². The summed E-state index contributed by atoms with van der Waals surface area (Å²) < 4.78 is 1.17. The lowest BCUT2D eigenvalue weighted by molar-refractivity contribution is 0.554. The van der Waals surface area contributed by atoms with Gasteiger partial charge in [0.1, 0.15) is 0 Å². The van der Waals surface area contributed by atoms with Gasteiger partial charge in [-0.1, -0.05) is 6.07 Å². The van der Waals surface area contributed by atoms with Gasteiger partial charge in [-0.05, 0) is 47.6 Å². The van der Waals surface area contributed by atoms with E-state index >= 15 is 0 Å². The van der Waals surface area contributed by atoms with Crippen molar-refractivity contribution in [2.24, 2.45) is 0 Å². The van der Waals surface area contributed by atoms with Crippen LogP contribution in [0.2, 0.25) is 0 Å². The van der Waals surface area contributed by atoms with Crippen molar-refractivity contribution in [3.63, 3.8) is 0 Å². The van der Waals surface area contributed by atoms with Gasteiger partial charge in [0.2, 0.25) is 0 Å². The summed E-state index contributed by atoms with van der Waals surface area (Å²) in [6, 6.07) is 8.70. The Hall–Kier alpha value is -0.710. The molecule has 0 amide bonds. The molecule has 0 aliphatic rings. The van der Waals surface area contributed by atoms with Crippen LogP contribution >= 0.6 is 27.3 Å². The summed E-state index contributed by atoms with van der Waals surface area (Å²) in [7, 11) is 2.01. The number of thiophene rings is 1. The number of hydrogen-bond donors (Lipinski definition) is 1. The van der Waals surface area contributed by atoms with Gasteiger partial charge in [-0.3, -0.25) is 4.98 Å². The summed E-state index contributed by atoms with van der Waals surface area (Å²) in [5.41, 5.74) is 1.14. The minimum absolute atomic E-state index is 0.440. The molecule has 0 saturated heterocycles. The molecule has 17 heavy (non-hydrogen) atoms. The molecule has 2 aromatic rings. The molecule has 2 rings (SSSR count). The maximum Gasteiger partial charge on any atom is 0.0419 e. The van der Waals surface area contributed by atoms with E-state index in [2.05, 4.69) is 43.7 Å². The van der Waals surface area contributed by atoms with E-state index in [0.29, 0.717) is 6.04 Å². The summed E-state index contributed by atoms with van der Waals surface area (Å²) in [5.74, 6) is 0. The van der Waals surface area contributed by atoms with Crippen molar-refractivity contribution in [2.45, 2.75) is 18.9 Å². The third kappa shape index (κ3) is 3.91. The van der Waals surface area contributed by atoms with Crippen LogP contribution < -0.4 is 5.32 Å². The van der Waals surface area contributed by atoms with Gasteiger partial charge in [-0.25, -0.2) is 0 Å². The van der Waals surface area contributed by atoms with Crippen molar-refractivity contribution >= 4 is 27.3 Å². The molecule has 0 aliphatic heterocycles. The molecule has 1 N–H and O–H groups in total. The second kappa shape index (κ2) is 6.28. The predicted octanol–water partition coefficient (Wildman–Crippen LogP) is 3.28. The van der Waals surface area contributed by atoms with Gasteiger partial charge in [0.25, 0.3) is 0 Å². The maximum absolute atomic E-state index is 4.37. The first-order valence-corrected chi connectivity index (χ1v) is 7.25. The van der Waals surface area contributed by atoms with Crippen LogP contribution in [0.15, 0.2) is 40.3 Å². The lowest BCUT2D eigenvalue weighted by Crippen LogP contribution is -2.29. The van der Waals surface area contributed by atoms with E-state index < -0.39 is 0 Å². The number of pyridine rings is 1. The highest BCUT2D eigenvalue weighted by molar-refractivity contribution is 9.10. The minimum atomic E-state index is 0.440. The van der Waals surface area contributed by atoms with E-state index in [1.807, 2.05) is 25.4 Å². The average molecular weight is 311 g/mol. The summed E-state index contributed by atoms with van der Waals surface area (Å²) in [5, 5.41) is 5.49. The quantitative estimate of drug-likeness (QED) is 0.916. The van der Waals surface area contributed by atoms with Crippen molar-refractivity contribution in [1.29, 1.82) is 0 Å². The lowest BCUT2D eigenvalue weighted by atomic mass is 10.1. The zero-order chi connectivity index (χ0) is 12.1. The number of halogens is 1. The number of nitrogens with one attached hydrogen (secondary N) is 1. The Morgan fingerprint density at radius 3 is 2.88 bits per heavy atom. The molecule has 0 radical (unpaired) electrons. The highest BCUT2D eigenvalue weighted by atomic mass is 79.9. The zero-order valence-electron chi connectivity index (χ0n) is 9.69. The highest BCUT2D eigenvalue weighted by Gasteiger charge is 2.10. The van der Waals surface area contributed by atoms with E-state index in [1.54, 1.807) is 11.3 Å². The molecule has 0 fully saturated rings. The van der Waals surface area contributed by atoms with Gasteiger partial charge in [0.05, 0.1) is 0 Å². The molecule has 90 valence electrons. The van der Waals surface area contributed by atoms with Gasteiger partial charge >= 0.3 is 0 Å². The third-order valence-electron chi connectivity index (χ3n) is 2.66. The van der Waals surface area contributed by atoms with E-state index in [0.717, 1.165) is 18.5 Å². The standard InChI is InChI=1S/C13H15BrN2S/c1-15-12(7-11-4-2-3-5-16-11)8-13-6-10(14)9-17-13/h2-6,9,12,15H,7-8H2,1H3. The Bertz CT molecular complexity index is 455. The van der Waals surface area contributed by atoms with Crippen LogP contribution in [-0.4, -0.2) is 18.1 Å². The minimum Gasteiger partial charge on any atom is -0.316 e. The zero-order valence-corrected chi connectivity index (χ0v) is 12.1. The summed E-state index contributed by atoms with van der Waals surface area (Å²) >= 11 is 5.28. The smallest absolute Gasteiger partial charge is 0.0419 e. The van der Waals surface area contributed by atoms with Crippen molar-refractivity contribution in [3.8, 4) is 0 Å². The molecule has 0 aliphatic carbocycles. The summed E-state index contributed by atoms with van der Waals surface area (Å²) in [4.78, 5) is 5.76. The van der Waals surface area contributed by atoms with E-state index in [1.165, 1.54) is 9.35 Å². The third-order valence-corrected chi connectivity index (χ3v) is 4.38. The fraction of sp³-hybridized carbons (Fsp3) is 0.308. The molecule has 4 heteroatoms. The fourth-order valence-corrected chi connectivity index (χ4v) is 3.28. The normalized spacial score (nSPS) is 12.6. The molecule has 0 aromatic carbocycles. The molecule has 1 unspecified atom stereocenters. The van der Waals surface area contributed by atoms with Gasteiger partial charge in [0.15, 0.2) is 0 Å². The van der Waals surface area contributed by atoms with Crippen LogP contribution in [0.1, 0.15) is 10.6 Å². The van der Waals surface area contributed by atoms with Crippen molar-refractivity contribution in [1.82, 2.24) is 10.3 Å². The Morgan fingerprint density at radius 1 is 1.41 bits per heavy atom. The van der Waals surface area contributed by atoms with Crippen LogP contribution in [0.25, 0.3) is 0 Å². The fourth-order valence-electron chi connectivity index (χ4n) is 1.75. The first-order chi connectivity index (χ1) is 8.28. The van der Waals surface area contributed by atoms with Gasteiger partial charge in [-0.2, -0.15) is 0 Å². The van der Waals surface area contributed by atoms with Crippen molar-refractivity contribution < 1.29 is 0 Å². The predicted molar refractivity (Wildman–Crippen MR) is 76.5 cm³/mol. The number of nitrogens with zero attached hydrogens (tertiary/aromatic N) is 1. The summed E-state index contributed by atoms with van der Waals surface area (Å²) in [6.07, 6.45) is 3.86. The van der Waals surface area contributed by atoms with Crippen molar-refractivity contribution in [2.75, 3.05) is 7.05 Å². The average Bonchev–Trinajstić information content (AvgIpc) is 2.75. The van der Waals surface area contributed by atoms with Crippen molar-refractivity contribution in [3.05, 3.63) is 50.9 Å². The first kappa shape index (κ1) is 12.7. The van der Waals surface area contributed by atoms with Gasteiger partial charge in [0, 0.05) is 39.1 Å². The van der Waals surface area contributed by atoms with E-state index in [-0.39, 0.29) is 0 Å². The topological polar surface area (TPSA) is 24.9 Å². The molecule has 2 nitrogen and oxygen atoms in total. The Balaban J connectivity index is 1.98. The number of rotatable bonds is 5. The molecule has 2 aromatic heterocycles. The van der Waals surface area contributed by atoms with E-state index in [9.17, 15) is 0 Å². The maximum atomic E-state index is 4.37. The second-order valence-corrected chi connectivity index (χ2v) is 5.86. The highest BCUT2D eigenvalue weighted by Crippen LogP contribution is 2.21. The molecular formula is C13H15BrN2S. The van der Waals surface area contributed by atoms with Gasteiger partial charge < -0.3 is 5.32 Å². The Labute approximate surface area is 114 Å². The van der Waals surface area contributed by atoms with Gasteiger partial charge in [-0.15, -0.1) is 11.3 Å². The largest absolute Gasteiger partial charge is 0.316 e. The monoisotopic (exact) mass is 310 g/mol. The molecule has 2 heterocycles. The number of likely N-dealkylation sites (N-methyl/N-ethyl adjacent to an activating group) is 1. The second-order valence-electron chi connectivity index (χ2n) is 3.95. The van der Waals surface area contributed by atoms with Crippen LogP contribution in [-0.2, 0) is 12.8 Å². The van der Waals surface area contributed by atoms with Crippen LogP contribution in [0.3, 0.4) is 0 Å².